The number of hydrogen-bond acceptors (Lipinski definition) is 7. The molecular weight excluding hydrogens is 631 g/mol. The van der Waals surface area contributed by atoms with Gasteiger partial charge in [-0.2, -0.15) is 0 Å². The summed E-state index contributed by atoms with van der Waals surface area (Å²) in [5.74, 6) is -0.0608. The molecule has 0 rings (SSSR count). The lowest BCUT2D eigenvalue weighted by atomic mass is 10.0. The van der Waals surface area contributed by atoms with Crippen molar-refractivity contribution < 1.29 is 42.7 Å². The zero-order chi connectivity index (χ0) is 35.7. The number of phosphoric acid groups is 1. The summed E-state index contributed by atoms with van der Waals surface area (Å²) in [6.07, 6.45) is 30.1. The first-order chi connectivity index (χ1) is 23.0. The van der Waals surface area contributed by atoms with E-state index in [2.05, 4.69) is 31.4 Å². The van der Waals surface area contributed by atoms with E-state index < -0.39 is 32.5 Å². The predicted molar refractivity (Wildman–Crippen MR) is 193 cm³/mol. The highest BCUT2D eigenvalue weighted by atomic mass is 31.2. The van der Waals surface area contributed by atoms with Gasteiger partial charge in [0.05, 0.1) is 6.61 Å². The highest BCUT2D eigenvalue weighted by Gasteiger charge is 2.22. The van der Waals surface area contributed by atoms with Gasteiger partial charge in [-0.05, 0) is 44.1 Å². The van der Waals surface area contributed by atoms with E-state index >= 15 is 0 Å². The van der Waals surface area contributed by atoms with Crippen LogP contribution in [0.15, 0.2) is 24.3 Å². The van der Waals surface area contributed by atoms with E-state index in [9.17, 15) is 18.9 Å². The summed E-state index contributed by atoms with van der Waals surface area (Å²) in [7, 11) is -4.78. The Morgan fingerprint density at radius 2 is 1.17 bits per heavy atom. The monoisotopic (exact) mass is 700 g/mol. The fourth-order valence-corrected chi connectivity index (χ4v) is 5.60. The van der Waals surface area contributed by atoms with Gasteiger partial charge in [0.1, 0.15) is 6.61 Å². The third kappa shape index (κ3) is 35.5. The quantitative estimate of drug-likeness (QED) is 0.0221. The Labute approximate surface area is 292 Å². The molecule has 0 saturated carbocycles. The van der Waals surface area contributed by atoms with Crippen molar-refractivity contribution in [1.29, 1.82) is 0 Å². The lowest BCUT2D eigenvalue weighted by molar-refractivity contribution is -0.161. The average molecular weight is 701 g/mol. The van der Waals surface area contributed by atoms with Gasteiger partial charge in [0.2, 0.25) is 0 Å². The molecule has 0 aliphatic heterocycles. The Morgan fingerprint density at radius 3 is 1.71 bits per heavy atom. The highest BCUT2D eigenvalue weighted by Crippen LogP contribution is 2.36. The highest BCUT2D eigenvalue weighted by molar-refractivity contribution is 7.46. The fraction of sp³-hybridized carbons (Fsp3) is 0.816. The fourth-order valence-electron chi connectivity index (χ4n) is 5.24. The number of carbonyl (C=O) groups is 3. The van der Waals surface area contributed by atoms with Gasteiger partial charge in [-0.15, -0.1) is 0 Å². The number of carbonyl (C=O) groups excluding carboxylic acids is 3. The first-order valence-corrected chi connectivity index (χ1v) is 20.5. The zero-order valence-electron chi connectivity index (χ0n) is 30.5. The van der Waals surface area contributed by atoms with Crippen molar-refractivity contribution in [1.82, 2.24) is 0 Å². The lowest BCUT2D eigenvalue weighted by Gasteiger charge is -2.18. The maximum absolute atomic E-state index is 12.3. The van der Waals surface area contributed by atoms with Gasteiger partial charge < -0.3 is 19.3 Å². The largest absolute Gasteiger partial charge is 0.469 e. The predicted octanol–water partition coefficient (Wildman–Crippen LogP) is 10.3. The molecule has 280 valence electrons. The summed E-state index contributed by atoms with van der Waals surface area (Å²) in [5, 5.41) is 0. The van der Waals surface area contributed by atoms with Gasteiger partial charge in [0.25, 0.3) is 0 Å². The minimum absolute atomic E-state index is 0.111. The second kappa shape index (κ2) is 32.4. The van der Waals surface area contributed by atoms with Crippen LogP contribution in [0.4, 0.5) is 0 Å². The van der Waals surface area contributed by atoms with Crippen LogP contribution < -0.4 is 0 Å². The number of ketones is 1. The molecule has 0 aromatic carbocycles. The zero-order valence-corrected chi connectivity index (χ0v) is 31.4. The number of phosphoric ester groups is 1. The van der Waals surface area contributed by atoms with Crippen LogP contribution in [-0.2, 0) is 32.9 Å². The molecule has 0 spiro atoms. The van der Waals surface area contributed by atoms with Crippen molar-refractivity contribution >= 4 is 25.5 Å². The van der Waals surface area contributed by atoms with Crippen LogP contribution in [0.5, 0.6) is 0 Å². The molecule has 0 unspecified atom stereocenters. The third-order valence-electron chi connectivity index (χ3n) is 8.13. The normalized spacial score (nSPS) is 12.7. The minimum atomic E-state index is -4.78. The molecule has 0 aliphatic rings. The Bertz CT molecular complexity index is 910. The van der Waals surface area contributed by atoms with Crippen molar-refractivity contribution in [3.05, 3.63) is 24.3 Å². The van der Waals surface area contributed by atoms with E-state index in [1.165, 1.54) is 70.6 Å². The summed E-state index contributed by atoms with van der Waals surface area (Å²) in [4.78, 5) is 54.6. The SMILES string of the molecule is CCCCC/C=C\C=C\C(=O)CCCCCCCC(=O)O[C@H](COC(=O)CCCCCCCCCCCCCC(C)C)COP(=O)(O)O. The number of ether oxygens (including phenoxy) is 2. The van der Waals surface area contributed by atoms with E-state index in [4.69, 9.17) is 19.3 Å². The van der Waals surface area contributed by atoms with Gasteiger partial charge in [0, 0.05) is 19.3 Å². The molecule has 2 N–H and O–H groups in total. The maximum atomic E-state index is 12.3. The number of rotatable bonds is 34. The molecule has 0 saturated heterocycles. The number of allylic oxidation sites excluding steroid dienone is 4. The molecule has 0 aromatic heterocycles. The van der Waals surface area contributed by atoms with Crippen LogP contribution in [0.1, 0.15) is 175 Å². The molecular formula is C38H69O9P. The smallest absolute Gasteiger partial charge is 0.462 e. The van der Waals surface area contributed by atoms with Gasteiger partial charge in [-0.25, -0.2) is 4.57 Å². The van der Waals surface area contributed by atoms with E-state index in [0.717, 1.165) is 57.3 Å². The minimum Gasteiger partial charge on any atom is -0.462 e. The van der Waals surface area contributed by atoms with Crippen molar-refractivity contribution in [2.24, 2.45) is 5.92 Å². The molecule has 0 bridgehead atoms. The third-order valence-corrected chi connectivity index (χ3v) is 8.61. The second-order valence-electron chi connectivity index (χ2n) is 13.4. The van der Waals surface area contributed by atoms with Crippen molar-refractivity contribution in [2.75, 3.05) is 13.2 Å². The first kappa shape index (κ1) is 46.2. The molecule has 0 heterocycles. The van der Waals surface area contributed by atoms with E-state index in [-0.39, 0.29) is 25.2 Å². The van der Waals surface area contributed by atoms with Gasteiger partial charge in [0.15, 0.2) is 11.9 Å². The van der Waals surface area contributed by atoms with E-state index in [1.54, 1.807) is 12.2 Å². The molecule has 0 amide bonds. The van der Waals surface area contributed by atoms with Gasteiger partial charge in [-0.3, -0.25) is 18.9 Å². The lowest BCUT2D eigenvalue weighted by Crippen LogP contribution is -2.29. The average Bonchev–Trinajstić information content (AvgIpc) is 3.03. The summed E-state index contributed by atoms with van der Waals surface area (Å²) in [6.45, 7) is 5.84. The Hall–Kier alpha value is -1.80. The molecule has 0 aliphatic carbocycles. The number of esters is 2. The summed E-state index contributed by atoms with van der Waals surface area (Å²) < 4.78 is 26.2. The van der Waals surface area contributed by atoms with Gasteiger partial charge in [-0.1, -0.05) is 142 Å². The molecule has 9 nitrogen and oxygen atoms in total. The van der Waals surface area contributed by atoms with Crippen molar-refractivity contribution in [3.8, 4) is 0 Å². The maximum Gasteiger partial charge on any atom is 0.469 e. The first-order valence-electron chi connectivity index (χ1n) is 18.9. The standard InChI is InChI=1S/C38H69O9P/c1-4-5-6-7-13-18-23-28-35(39)29-24-19-16-21-26-31-38(41)47-36(33-46-48(42,43)44)32-45-37(40)30-25-20-15-12-10-8-9-11-14-17-22-27-34(2)3/h13,18,23,28,34,36H,4-12,14-17,19-22,24-27,29-33H2,1-3H3,(H2,42,43,44)/b18-13-,28-23+/t36-/m1/s1. The van der Waals surface area contributed by atoms with Crippen LogP contribution >= 0.6 is 7.82 Å². The summed E-state index contributed by atoms with van der Waals surface area (Å²) >= 11 is 0. The van der Waals surface area contributed by atoms with Crippen LogP contribution in [0.25, 0.3) is 0 Å². The Balaban J connectivity index is 4.05. The van der Waals surface area contributed by atoms with E-state index in [1.807, 2.05) is 6.08 Å². The van der Waals surface area contributed by atoms with Crippen LogP contribution in [-0.4, -0.2) is 46.8 Å². The molecule has 1 atom stereocenters. The van der Waals surface area contributed by atoms with Crippen molar-refractivity contribution in [3.63, 3.8) is 0 Å². The van der Waals surface area contributed by atoms with Crippen molar-refractivity contribution in [2.45, 2.75) is 181 Å². The number of unbranched alkanes of at least 4 members (excludes halogenated alkanes) is 17. The summed E-state index contributed by atoms with van der Waals surface area (Å²) in [6, 6.07) is 0. The molecule has 48 heavy (non-hydrogen) atoms. The van der Waals surface area contributed by atoms with Gasteiger partial charge >= 0.3 is 19.8 Å². The summed E-state index contributed by atoms with van der Waals surface area (Å²) in [5.41, 5.74) is 0. The molecule has 0 radical (unpaired) electrons. The topological polar surface area (TPSA) is 136 Å². The molecule has 0 fully saturated rings. The molecule has 10 heteroatoms. The Kier molecular flexibility index (Phi) is 31.2. The van der Waals surface area contributed by atoms with Crippen LogP contribution in [0.2, 0.25) is 0 Å². The van der Waals surface area contributed by atoms with E-state index in [0.29, 0.717) is 19.3 Å². The van der Waals surface area contributed by atoms with Crippen LogP contribution in [0.3, 0.4) is 0 Å². The van der Waals surface area contributed by atoms with Crippen LogP contribution in [0, 0.1) is 5.92 Å². The number of hydrogen-bond donors (Lipinski definition) is 2. The second-order valence-corrected chi connectivity index (χ2v) is 14.7. The Morgan fingerprint density at radius 1 is 0.646 bits per heavy atom. The molecule has 0 aromatic rings.